The van der Waals surface area contributed by atoms with Gasteiger partial charge in [-0.25, -0.2) is 0 Å². The van der Waals surface area contributed by atoms with Crippen LogP contribution < -0.4 is 4.74 Å². The lowest BCUT2D eigenvalue weighted by Crippen LogP contribution is -2.17. The van der Waals surface area contributed by atoms with Crippen LogP contribution in [-0.4, -0.2) is 25.4 Å². The smallest absolute Gasteiger partial charge is 0.124 e. The third-order valence-corrected chi connectivity index (χ3v) is 2.27. The third kappa shape index (κ3) is 2.25. The number of rotatable bonds is 4. The fraction of sp³-hybridized carbons (Fsp3) is 0.455. The number of para-hydroxylation sites is 1. The molecule has 3 heteroatoms. The maximum atomic E-state index is 9.90. The fourth-order valence-corrected chi connectivity index (χ4v) is 1.29. The van der Waals surface area contributed by atoms with Crippen molar-refractivity contribution >= 4 is 0 Å². The number of aliphatic hydroxyl groups is 1. The van der Waals surface area contributed by atoms with Crippen LogP contribution in [-0.2, 0) is 4.74 Å². The highest BCUT2D eigenvalue weighted by molar-refractivity contribution is 5.35. The van der Waals surface area contributed by atoms with Crippen LogP contribution in [0.2, 0.25) is 0 Å². The minimum Gasteiger partial charge on any atom is -0.496 e. The fourth-order valence-electron chi connectivity index (χ4n) is 1.29. The summed E-state index contributed by atoms with van der Waals surface area (Å²) in [6, 6.07) is 7.38. The molecule has 0 amide bonds. The van der Waals surface area contributed by atoms with Gasteiger partial charge in [-0.15, -0.1) is 0 Å². The zero-order chi connectivity index (χ0) is 10.6. The van der Waals surface area contributed by atoms with E-state index in [0.29, 0.717) is 5.75 Å². The molecule has 0 aliphatic rings. The van der Waals surface area contributed by atoms with Crippen molar-refractivity contribution in [3.8, 4) is 5.75 Å². The quantitative estimate of drug-likeness (QED) is 0.797. The first-order valence-electron chi connectivity index (χ1n) is 4.54. The number of hydrogen-bond donors (Lipinski definition) is 1. The summed E-state index contributed by atoms with van der Waals surface area (Å²) in [6.45, 7) is 1.82. The van der Waals surface area contributed by atoms with E-state index in [1.54, 1.807) is 14.2 Å². The molecular weight excluding hydrogens is 180 g/mol. The molecule has 0 saturated heterocycles. The molecule has 2 atom stereocenters. The van der Waals surface area contributed by atoms with E-state index in [1.807, 2.05) is 31.2 Å². The molecule has 1 N–H and O–H groups in total. The van der Waals surface area contributed by atoms with Crippen LogP contribution in [0.15, 0.2) is 24.3 Å². The van der Waals surface area contributed by atoms with Gasteiger partial charge in [0, 0.05) is 12.7 Å². The first kappa shape index (κ1) is 11.0. The summed E-state index contributed by atoms with van der Waals surface area (Å²) in [7, 11) is 3.16. The second-order valence-electron chi connectivity index (χ2n) is 3.13. The molecule has 14 heavy (non-hydrogen) atoms. The van der Waals surface area contributed by atoms with Crippen molar-refractivity contribution < 1.29 is 14.6 Å². The largest absolute Gasteiger partial charge is 0.496 e. The Kier molecular flexibility index (Phi) is 3.92. The molecule has 1 rings (SSSR count). The van der Waals surface area contributed by atoms with E-state index in [2.05, 4.69) is 0 Å². The van der Waals surface area contributed by atoms with Gasteiger partial charge in [0.2, 0.25) is 0 Å². The summed E-state index contributed by atoms with van der Waals surface area (Å²) in [5.74, 6) is 0.684. The minimum absolute atomic E-state index is 0.244. The zero-order valence-electron chi connectivity index (χ0n) is 8.73. The molecule has 0 aliphatic carbocycles. The van der Waals surface area contributed by atoms with Crippen LogP contribution in [0, 0.1) is 0 Å². The van der Waals surface area contributed by atoms with Gasteiger partial charge in [0.1, 0.15) is 11.9 Å². The van der Waals surface area contributed by atoms with Gasteiger partial charge in [0.15, 0.2) is 0 Å². The molecule has 0 spiro atoms. The summed E-state index contributed by atoms with van der Waals surface area (Å²) in [5, 5.41) is 9.90. The molecule has 0 bridgehead atoms. The van der Waals surface area contributed by atoms with Gasteiger partial charge in [0.05, 0.1) is 13.2 Å². The first-order valence-corrected chi connectivity index (χ1v) is 4.54. The predicted molar refractivity (Wildman–Crippen MR) is 54.4 cm³/mol. The molecular formula is C11H16O3. The van der Waals surface area contributed by atoms with Crippen molar-refractivity contribution in [2.24, 2.45) is 0 Å². The maximum Gasteiger partial charge on any atom is 0.124 e. The van der Waals surface area contributed by atoms with Gasteiger partial charge >= 0.3 is 0 Å². The first-order chi connectivity index (χ1) is 6.70. The van der Waals surface area contributed by atoms with Crippen LogP contribution in [0.3, 0.4) is 0 Å². The van der Waals surface area contributed by atoms with Crippen molar-refractivity contribution in [1.29, 1.82) is 0 Å². The van der Waals surface area contributed by atoms with Crippen LogP contribution in [0.4, 0.5) is 0 Å². The van der Waals surface area contributed by atoms with Crippen LogP contribution >= 0.6 is 0 Å². The number of aliphatic hydroxyl groups excluding tert-OH is 1. The summed E-state index contributed by atoms with van der Waals surface area (Å²) >= 11 is 0. The van der Waals surface area contributed by atoms with E-state index in [1.165, 1.54) is 0 Å². The van der Waals surface area contributed by atoms with E-state index in [4.69, 9.17) is 9.47 Å². The van der Waals surface area contributed by atoms with Gasteiger partial charge in [0.25, 0.3) is 0 Å². The molecule has 1 aromatic rings. The maximum absolute atomic E-state index is 9.90. The average molecular weight is 196 g/mol. The van der Waals surface area contributed by atoms with Crippen LogP contribution in [0.1, 0.15) is 18.6 Å². The number of benzene rings is 1. The molecule has 0 aliphatic heterocycles. The summed E-state index contributed by atoms with van der Waals surface area (Å²) in [5.41, 5.74) is 0.754. The lowest BCUT2D eigenvalue weighted by molar-refractivity contribution is -0.00249. The molecule has 2 unspecified atom stereocenters. The molecule has 78 valence electrons. The number of methoxy groups -OCH3 is 2. The molecule has 0 saturated carbocycles. The SMILES string of the molecule is COc1ccccc1C(O)C(C)OC. The Morgan fingerprint density at radius 2 is 1.86 bits per heavy atom. The van der Waals surface area contributed by atoms with Crippen molar-refractivity contribution in [3.05, 3.63) is 29.8 Å². The average Bonchev–Trinajstić information content (AvgIpc) is 2.26. The highest BCUT2D eigenvalue weighted by Gasteiger charge is 2.18. The van der Waals surface area contributed by atoms with Crippen LogP contribution in [0.5, 0.6) is 5.75 Å². The van der Waals surface area contributed by atoms with Gasteiger partial charge in [-0.3, -0.25) is 0 Å². The monoisotopic (exact) mass is 196 g/mol. The van der Waals surface area contributed by atoms with Gasteiger partial charge in [-0.2, -0.15) is 0 Å². The van der Waals surface area contributed by atoms with E-state index in [0.717, 1.165) is 5.56 Å². The van der Waals surface area contributed by atoms with Crippen molar-refractivity contribution in [3.63, 3.8) is 0 Å². The van der Waals surface area contributed by atoms with E-state index in [9.17, 15) is 5.11 Å². The summed E-state index contributed by atoms with van der Waals surface area (Å²) in [6.07, 6.45) is -0.901. The highest BCUT2D eigenvalue weighted by atomic mass is 16.5. The molecule has 0 heterocycles. The lowest BCUT2D eigenvalue weighted by atomic mass is 10.0. The van der Waals surface area contributed by atoms with Crippen LogP contribution in [0.25, 0.3) is 0 Å². The topological polar surface area (TPSA) is 38.7 Å². The summed E-state index contributed by atoms with van der Waals surface area (Å²) in [4.78, 5) is 0. The number of ether oxygens (including phenoxy) is 2. The second-order valence-corrected chi connectivity index (χ2v) is 3.13. The standard InChI is InChI=1S/C11H16O3/c1-8(13-2)11(12)9-6-4-5-7-10(9)14-3/h4-8,11-12H,1-3H3. The number of hydrogen-bond acceptors (Lipinski definition) is 3. The Balaban J connectivity index is 2.93. The summed E-state index contributed by atoms with van der Waals surface area (Å²) < 4.78 is 10.2. The normalized spacial score (nSPS) is 14.9. The zero-order valence-corrected chi connectivity index (χ0v) is 8.73. The molecule has 0 radical (unpaired) electrons. The molecule has 3 nitrogen and oxygen atoms in total. The second kappa shape index (κ2) is 4.98. The van der Waals surface area contributed by atoms with E-state index < -0.39 is 6.10 Å². The minimum atomic E-state index is -0.656. The van der Waals surface area contributed by atoms with Crippen molar-refractivity contribution in [1.82, 2.24) is 0 Å². The third-order valence-electron chi connectivity index (χ3n) is 2.27. The lowest BCUT2D eigenvalue weighted by Gasteiger charge is -2.19. The van der Waals surface area contributed by atoms with Gasteiger partial charge < -0.3 is 14.6 Å². The Labute approximate surface area is 84.3 Å². The Hall–Kier alpha value is -1.06. The molecule has 0 fully saturated rings. The van der Waals surface area contributed by atoms with Gasteiger partial charge in [-0.05, 0) is 13.0 Å². The van der Waals surface area contributed by atoms with E-state index >= 15 is 0 Å². The Bertz CT molecular complexity index is 286. The van der Waals surface area contributed by atoms with Crippen molar-refractivity contribution in [2.75, 3.05) is 14.2 Å². The molecule has 0 aromatic heterocycles. The Morgan fingerprint density at radius 1 is 1.21 bits per heavy atom. The van der Waals surface area contributed by atoms with Gasteiger partial charge in [-0.1, -0.05) is 18.2 Å². The highest BCUT2D eigenvalue weighted by Crippen LogP contribution is 2.27. The van der Waals surface area contributed by atoms with E-state index in [-0.39, 0.29) is 6.10 Å². The Morgan fingerprint density at radius 3 is 2.43 bits per heavy atom. The predicted octanol–water partition coefficient (Wildman–Crippen LogP) is 1.76. The molecule has 1 aromatic carbocycles. The van der Waals surface area contributed by atoms with Crippen molar-refractivity contribution in [2.45, 2.75) is 19.1 Å².